The number of hydrogen-bond acceptors (Lipinski definition) is 3. The summed E-state index contributed by atoms with van der Waals surface area (Å²) in [6, 6.07) is 14.2. The van der Waals surface area contributed by atoms with Gasteiger partial charge in [0.1, 0.15) is 5.75 Å². The second-order valence-electron chi connectivity index (χ2n) is 3.93. The van der Waals surface area contributed by atoms with E-state index in [1.54, 1.807) is 31.4 Å². The molecule has 0 bridgehead atoms. The van der Waals surface area contributed by atoms with E-state index in [0.717, 1.165) is 11.1 Å². The van der Waals surface area contributed by atoms with Gasteiger partial charge in [-0.1, -0.05) is 30.3 Å². The fourth-order valence-electron chi connectivity index (χ4n) is 1.75. The number of benzene rings is 2. The Morgan fingerprint density at radius 2 is 1.79 bits per heavy atom. The van der Waals surface area contributed by atoms with Crippen LogP contribution in [0, 0.1) is 0 Å². The summed E-state index contributed by atoms with van der Waals surface area (Å²) in [6.07, 6.45) is 0. The first-order valence-corrected chi connectivity index (χ1v) is 5.77. The third-order valence-corrected chi connectivity index (χ3v) is 2.66. The highest BCUT2D eigenvalue weighted by atomic mass is 16.7. The van der Waals surface area contributed by atoms with Crippen LogP contribution in [0.3, 0.4) is 0 Å². The summed E-state index contributed by atoms with van der Waals surface area (Å²) in [5.41, 5.74) is 2.06. The van der Waals surface area contributed by atoms with Gasteiger partial charge in [-0.25, -0.2) is 4.79 Å². The van der Waals surface area contributed by atoms with Crippen molar-refractivity contribution in [3.05, 3.63) is 54.1 Å². The molecular weight excluding hydrogens is 244 g/mol. The van der Waals surface area contributed by atoms with Crippen molar-refractivity contribution in [2.75, 3.05) is 13.9 Å². The Morgan fingerprint density at radius 1 is 1.11 bits per heavy atom. The van der Waals surface area contributed by atoms with E-state index in [9.17, 15) is 4.79 Å². The normalized spacial score (nSPS) is 10.2. The first-order chi connectivity index (χ1) is 9.22. The molecule has 0 saturated heterocycles. The molecule has 0 amide bonds. The average molecular weight is 258 g/mol. The molecule has 2 rings (SSSR count). The average Bonchev–Trinajstić information content (AvgIpc) is 2.45. The number of hydrogen-bond donors (Lipinski definition) is 1. The molecule has 1 N–H and O–H groups in total. The predicted octanol–water partition coefficient (Wildman–Crippen LogP) is 3.03. The number of carboxylic acids is 1. The van der Waals surface area contributed by atoms with Crippen LogP contribution in [0.5, 0.6) is 5.75 Å². The fraction of sp³-hybridized carbons (Fsp3) is 0.133. The highest BCUT2D eigenvalue weighted by Gasteiger charge is 2.07. The lowest BCUT2D eigenvalue weighted by atomic mass is 10.0. The largest absolute Gasteiger partial charge is 0.478 e. The van der Waals surface area contributed by atoms with E-state index < -0.39 is 5.97 Å². The zero-order valence-corrected chi connectivity index (χ0v) is 10.5. The quantitative estimate of drug-likeness (QED) is 0.837. The number of methoxy groups -OCH3 is 1. The van der Waals surface area contributed by atoms with Crippen LogP contribution in [-0.2, 0) is 4.74 Å². The van der Waals surface area contributed by atoms with Gasteiger partial charge >= 0.3 is 5.97 Å². The summed E-state index contributed by atoms with van der Waals surface area (Å²) in [5, 5.41) is 8.88. The fourth-order valence-corrected chi connectivity index (χ4v) is 1.75. The van der Waals surface area contributed by atoms with E-state index in [1.165, 1.54) is 0 Å². The highest BCUT2D eigenvalue weighted by Crippen LogP contribution is 2.29. The van der Waals surface area contributed by atoms with Crippen molar-refractivity contribution in [1.82, 2.24) is 0 Å². The van der Waals surface area contributed by atoms with Crippen LogP contribution < -0.4 is 4.74 Å². The lowest BCUT2D eigenvalue weighted by molar-refractivity contribution is 0.0515. The van der Waals surface area contributed by atoms with Crippen molar-refractivity contribution in [3.63, 3.8) is 0 Å². The molecule has 0 aliphatic heterocycles. The number of carboxylic acid groups (broad SMARTS) is 1. The summed E-state index contributed by atoms with van der Waals surface area (Å²) in [7, 11) is 1.56. The molecule has 0 aromatic heterocycles. The van der Waals surface area contributed by atoms with Gasteiger partial charge in [-0.15, -0.1) is 0 Å². The summed E-state index contributed by atoms with van der Waals surface area (Å²) in [5.74, 6) is -0.233. The minimum absolute atomic E-state index is 0.171. The molecule has 0 aliphatic carbocycles. The van der Waals surface area contributed by atoms with Gasteiger partial charge in [-0.2, -0.15) is 0 Å². The van der Waals surface area contributed by atoms with Gasteiger partial charge in [-0.05, 0) is 23.8 Å². The number of ether oxygens (including phenoxy) is 2. The van der Waals surface area contributed by atoms with Crippen LogP contribution in [0.25, 0.3) is 11.1 Å². The van der Waals surface area contributed by atoms with Gasteiger partial charge in [0.25, 0.3) is 0 Å². The maximum atomic E-state index is 10.8. The smallest absolute Gasteiger partial charge is 0.335 e. The van der Waals surface area contributed by atoms with E-state index >= 15 is 0 Å². The van der Waals surface area contributed by atoms with Crippen molar-refractivity contribution in [2.24, 2.45) is 0 Å². The van der Waals surface area contributed by atoms with Gasteiger partial charge in [0.05, 0.1) is 5.56 Å². The summed E-state index contributed by atoms with van der Waals surface area (Å²) in [6.45, 7) is 0.171. The van der Waals surface area contributed by atoms with Crippen LogP contribution in [0.4, 0.5) is 0 Å². The molecule has 0 aliphatic rings. The van der Waals surface area contributed by atoms with E-state index in [0.29, 0.717) is 5.75 Å². The summed E-state index contributed by atoms with van der Waals surface area (Å²) in [4.78, 5) is 10.8. The molecule has 4 nitrogen and oxygen atoms in total. The highest BCUT2D eigenvalue weighted by molar-refractivity contribution is 5.88. The molecule has 2 aromatic rings. The monoisotopic (exact) mass is 258 g/mol. The van der Waals surface area contributed by atoms with E-state index in [1.807, 2.05) is 24.3 Å². The molecule has 0 spiro atoms. The molecule has 0 heterocycles. The van der Waals surface area contributed by atoms with Crippen LogP contribution in [-0.4, -0.2) is 25.0 Å². The second-order valence-corrected chi connectivity index (χ2v) is 3.93. The Bertz CT molecular complexity index is 561. The Kier molecular flexibility index (Phi) is 4.15. The molecule has 2 aromatic carbocycles. The topological polar surface area (TPSA) is 55.8 Å². The maximum absolute atomic E-state index is 10.8. The molecule has 0 unspecified atom stereocenters. The Hall–Kier alpha value is -2.33. The van der Waals surface area contributed by atoms with Crippen molar-refractivity contribution >= 4 is 5.97 Å². The Balaban J connectivity index is 2.32. The molecule has 19 heavy (non-hydrogen) atoms. The number of aromatic carboxylic acids is 1. The summed E-state index contributed by atoms with van der Waals surface area (Å²) < 4.78 is 10.4. The SMILES string of the molecule is COCOc1ccccc1-c1ccc(C(=O)O)cc1. The van der Waals surface area contributed by atoms with Crippen molar-refractivity contribution in [3.8, 4) is 16.9 Å². The number of carbonyl (C=O) groups is 1. The Morgan fingerprint density at radius 3 is 2.42 bits per heavy atom. The van der Waals surface area contributed by atoms with Crippen LogP contribution in [0.2, 0.25) is 0 Å². The van der Waals surface area contributed by atoms with Gasteiger partial charge in [0.2, 0.25) is 0 Å². The molecular formula is C15H14O4. The molecule has 4 heteroatoms. The molecule has 98 valence electrons. The first-order valence-electron chi connectivity index (χ1n) is 5.77. The zero-order valence-electron chi connectivity index (χ0n) is 10.5. The van der Waals surface area contributed by atoms with Crippen LogP contribution >= 0.6 is 0 Å². The third-order valence-electron chi connectivity index (χ3n) is 2.66. The Labute approximate surface area is 111 Å². The van der Waals surface area contributed by atoms with Crippen LogP contribution in [0.1, 0.15) is 10.4 Å². The predicted molar refractivity (Wildman–Crippen MR) is 71.3 cm³/mol. The maximum Gasteiger partial charge on any atom is 0.335 e. The first kappa shape index (κ1) is 13.1. The minimum atomic E-state index is -0.935. The van der Waals surface area contributed by atoms with Crippen molar-refractivity contribution in [2.45, 2.75) is 0 Å². The molecule has 0 atom stereocenters. The lowest BCUT2D eigenvalue weighted by Crippen LogP contribution is -2.00. The standard InChI is InChI=1S/C15H14O4/c1-18-10-19-14-5-3-2-4-13(14)11-6-8-12(9-7-11)15(16)17/h2-9H,10H2,1H3,(H,16,17). The minimum Gasteiger partial charge on any atom is -0.478 e. The van der Waals surface area contributed by atoms with Crippen LogP contribution in [0.15, 0.2) is 48.5 Å². The van der Waals surface area contributed by atoms with Crippen molar-refractivity contribution in [1.29, 1.82) is 0 Å². The van der Waals surface area contributed by atoms with Gasteiger partial charge < -0.3 is 14.6 Å². The van der Waals surface area contributed by atoms with Gasteiger partial charge in [-0.3, -0.25) is 0 Å². The zero-order chi connectivity index (χ0) is 13.7. The molecule has 0 fully saturated rings. The summed E-state index contributed by atoms with van der Waals surface area (Å²) >= 11 is 0. The molecule has 0 radical (unpaired) electrons. The third kappa shape index (κ3) is 3.11. The van der Waals surface area contributed by atoms with Gasteiger partial charge in [0.15, 0.2) is 6.79 Å². The number of para-hydroxylation sites is 1. The second kappa shape index (κ2) is 6.02. The molecule has 0 saturated carbocycles. The van der Waals surface area contributed by atoms with E-state index in [2.05, 4.69) is 0 Å². The van der Waals surface area contributed by atoms with Crippen molar-refractivity contribution < 1.29 is 19.4 Å². The number of rotatable bonds is 5. The van der Waals surface area contributed by atoms with E-state index in [4.69, 9.17) is 14.6 Å². The lowest BCUT2D eigenvalue weighted by Gasteiger charge is -2.10. The van der Waals surface area contributed by atoms with E-state index in [-0.39, 0.29) is 12.4 Å². The van der Waals surface area contributed by atoms with Gasteiger partial charge in [0, 0.05) is 12.7 Å².